The van der Waals surface area contributed by atoms with Gasteiger partial charge in [-0.1, -0.05) is 0 Å². The first-order valence-electron chi connectivity index (χ1n) is 3.47. The molecule has 2 heterocycles. The van der Waals surface area contributed by atoms with E-state index in [9.17, 15) is 4.79 Å². The maximum atomic E-state index is 10.0. The van der Waals surface area contributed by atoms with Crippen molar-refractivity contribution < 1.29 is 9.53 Å². The van der Waals surface area contributed by atoms with Gasteiger partial charge in [0.25, 0.3) is 6.47 Å². The van der Waals surface area contributed by atoms with Crippen LogP contribution in [0.15, 0.2) is 22.3 Å². The van der Waals surface area contributed by atoms with Crippen LogP contribution < -0.4 is 4.74 Å². The maximum Gasteiger partial charge on any atom is 0.299 e. The van der Waals surface area contributed by atoms with Crippen molar-refractivity contribution in [2.24, 2.45) is 0 Å². The molecule has 0 saturated heterocycles. The molecule has 0 aliphatic carbocycles. The van der Waals surface area contributed by atoms with E-state index in [1.807, 2.05) is 10.8 Å². The summed E-state index contributed by atoms with van der Waals surface area (Å²) in [6, 6.07) is 1.80. The Hall–Kier alpha value is -1.20. The van der Waals surface area contributed by atoms with Crippen LogP contribution in [0.4, 0.5) is 0 Å². The van der Waals surface area contributed by atoms with Crippen molar-refractivity contribution in [3.8, 4) is 16.3 Å². The third-order valence-electron chi connectivity index (χ3n) is 1.47. The van der Waals surface area contributed by atoms with Crippen molar-refractivity contribution in [2.75, 3.05) is 0 Å². The van der Waals surface area contributed by atoms with E-state index in [1.54, 1.807) is 22.9 Å². The highest BCUT2D eigenvalue weighted by atomic mass is 32.1. The second-order valence-corrected chi connectivity index (χ2v) is 3.83. The standard InChI is InChI=1S/C8H5NO2S2/c10-5-11-8-1-6(2-13-8)7-3-12-4-9-7/h1-5H. The fourth-order valence-corrected chi connectivity index (χ4v) is 2.20. The number of hydrogen-bond donors (Lipinski definition) is 0. The molecule has 2 aromatic rings. The van der Waals surface area contributed by atoms with Gasteiger partial charge in [0.2, 0.25) is 0 Å². The van der Waals surface area contributed by atoms with Crippen LogP contribution >= 0.6 is 22.7 Å². The molecule has 0 bridgehead atoms. The van der Waals surface area contributed by atoms with E-state index in [1.165, 1.54) is 11.3 Å². The molecule has 0 spiro atoms. The summed E-state index contributed by atoms with van der Waals surface area (Å²) in [6.07, 6.45) is 0. The molecule has 0 saturated carbocycles. The van der Waals surface area contributed by atoms with Crippen LogP contribution in [-0.2, 0) is 4.79 Å². The summed E-state index contributed by atoms with van der Waals surface area (Å²) in [5.74, 6) is 0. The van der Waals surface area contributed by atoms with Gasteiger partial charge < -0.3 is 4.74 Å². The molecule has 2 aromatic heterocycles. The highest BCUT2D eigenvalue weighted by Gasteiger charge is 2.03. The zero-order valence-electron chi connectivity index (χ0n) is 6.47. The molecule has 0 aromatic carbocycles. The summed E-state index contributed by atoms with van der Waals surface area (Å²) in [5.41, 5.74) is 3.68. The smallest absolute Gasteiger partial charge is 0.299 e. The molecule has 0 radical (unpaired) electrons. The lowest BCUT2D eigenvalue weighted by molar-refractivity contribution is -0.120. The quantitative estimate of drug-likeness (QED) is 0.732. The molecule has 0 atom stereocenters. The fraction of sp³-hybridized carbons (Fsp3) is 0. The highest BCUT2D eigenvalue weighted by molar-refractivity contribution is 7.12. The van der Waals surface area contributed by atoms with Gasteiger partial charge in [0, 0.05) is 22.4 Å². The third-order valence-corrected chi connectivity index (χ3v) is 2.87. The number of thiazole rings is 1. The number of carbonyl (C=O) groups excluding carboxylic acids is 1. The summed E-state index contributed by atoms with van der Waals surface area (Å²) in [6.45, 7) is 0.427. The van der Waals surface area contributed by atoms with Gasteiger partial charge in [-0.25, -0.2) is 4.98 Å². The van der Waals surface area contributed by atoms with E-state index in [0.717, 1.165) is 11.3 Å². The second-order valence-electron chi connectivity index (χ2n) is 2.24. The van der Waals surface area contributed by atoms with Crippen LogP contribution in [0, 0.1) is 0 Å². The van der Waals surface area contributed by atoms with Crippen LogP contribution in [0.1, 0.15) is 0 Å². The summed E-state index contributed by atoms with van der Waals surface area (Å²) >= 11 is 2.92. The Morgan fingerprint density at radius 3 is 3.08 bits per heavy atom. The van der Waals surface area contributed by atoms with Gasteiger partial charge in [0.1, 0.15) is 0 Å². The minimum Gasteiger partial charge on any atom is -0.418 e. The minimum atomic E-state index is 0.427. The highest BCUT2D eigenvalue weighted by Crippen LogP contribution is 2.29. The van der Waals surface area contributed by atoms with Crippen molar-refractivity contribution in [2.45, 2.75) is 0 Å². The minimum absolute atomic E-state index is 0.427. The number of hydrogen-bond acceptors (Lipinski definition) is 5. The number of rotatable bonds is 3. The lowest BCUT2D eigenvalue weighted by Gasteiger charge is -1.87. The molecule has 0 aliphatic heterocycles. The van der Waals surface area contributed by atoms with Crippen molar-refractivity contribution in [3.63, 3.8) is 0 Å². The SMILES string of the molecule is O=COc1cc(-c2cscn2)cs1. The van der Waals surface area contributed by atoms with E-state index in [2.05, 4.69) is 4.98 Å². The number of thiophene rings is 1. The van der Waals surface area contributed by atoms with E-state index in [4.69, 9.17) is 4.74 Å². The molecule has 5 heteroatoms. The van der Waals surface area contributed by atoms with Crippen LogP contribution in [0.25, 0.3) is 11.3 Å². The second kappa shape index (κ2) is 3.67. The lowest BCUT2D eigenvalue weighted by atomic mass is 10.3. The first-order chi connectivity index (χ1) is 6.40. The normalized spacial score (nSPS) is 9.85. The van der Waals surface area contributed by atoms with Crippen molar-refractivity contribution >= 4 is 29.1 Å². The van der Waals surface area contributed by atoms with Crippen LogP contribution in [-0.4, -0.2) is 11.5 Å². The molecule has 0 fully saturated rings. The number of nitrogens with zero attached hydrogens (tertiary/aromatic N) is 1. The Bertz CT molecular complexity index is 394. The van der Waals surface area contributed by atoms with Crippen molar-refractivity contribution in [3.05, 3.63) is 22.3 Å². The number of ether oxygens (including phenoxy) is 1. The van der Waals surface area contributed by atoms with Gasteiger partial charge in [-0.15, -0.1) is 22.7 Å². The molecule has 0 aliphatic rings. The summed E-state index contributed by atoms with van der Waals surface area (Å²) in [4.78, 5) is 14.2. The monoisotopic (exact) mass is 211 g/mol. The summed E-state index contributed by atoms with van der Waals surface area (Å²) in [7, 11) is 0. The van der Waals surface area contributed by atoms with Gasteiger partial charge in [-0.2, -0.15) is 0 Å². The summed E-state index contributed by atoms with van der Waals surface area (Å²) in [5, 5.41) is 4.46. The van der Waals surface area contributed by atoms with E-state index < -0.39 is 0 Å². The molecule has 13 heavy (non-hydrogen) atoms. The largest absolute Gasteiger partial charge is 0.418 e. The zero-order valence-corrected chi connectivity index (χ0v) is 8.10. The predicted molar refractivity (Wildman–Crippen MR) is 52.1 cm³/mol. The topological polar surface area (TPSA) is 39.2 Å². The number of aromatic nitrogens is 1. The zero-order chi connectivity index (χ0) is 9.10. The lowest BCUT2D eigenvalue weighted by Crippen LogP contribution is -1.83. The van der Waals surface area contributed by atoms with Crippen molar-refractivity contribution in [1.82, 2.24) is 4.98 Å². The van der Waals surface area contributed by atoms with Gasteiger partial charge in [0.05, 0.1) is 11.2 Å². The molecule has 3 nitrogen and oxygen atoms in total. The maximum absolute atomic E-state index is 10.0. The molecular weight excluding hydrogens is 206 g/mol. The van der Waals surface area contributed by atoms with Crippen LogP contribution in [0.5, 0.6) is 5.06 Å². The fourth-order valence-electron chi connectivity index (χ4n) is 0.915. The molecule has 2 rings (SSSR count). The average Bonchev–Trinajstić information content (AvgIpc) is 2.70. The first-order valence-corrected chi connectivity index (χ1v) is 5.30. The van der Waals surface area contributed by atoms with Gasteiger partial charge in [0.15, 0.2) is 5.06 Å². The molecule has 66 valence electrons. The van der Waals surface area contributed by atoms with Gasteiger partial charge in [-0.3, -0.25) is 4.79 Å². The Balaban J connectivity index is 2.28. The molecule has 0 N–H and O–H groups in total. The van der Waals surface area contributed by atoms with E-state index >= 15 is 0 Å². The van der Waals surface area contributed by atoms with Crippen LogP contribution in [0.2, 0.25) is 0 Å². The van der Waals surface area contributed by atoms with E-state index in [0.29, 0.717) is 11.5 Å². The van der Waals surface area contributed by atoms with Gasteiger partial charge in [-0.05, 0) is 0 Å². The molecule has 0 amide bonds. The average molecular weight is 211 g/mol. The third kappa shape index (κ3) is 1.76. The summed E-state index contributed by atoms with van der Waals surface area (Å²) < 4.78 is 4.70. The Kier molecular flexibility index (Phi) is 2.37. The Labute approximate surface area is 82.6 Å². The first kappa shape index (κ1) is 8.40. The molecular formula is C8H5NO2S2. The van der Waals surface area contributed by atoms with Crippen LogP contribution in [0.3, 0.4) is 0 Å². The van der Waals surface area contributed by atoms with Crippen molar-refractivity contribution in [1.29, 1.82) is 0 Å². The Morgan fingerprint density at radius 1 is 1.46 bits per heavy atom. The Morgan fingerprint density at radius 2 is 2.38 bits per heavy atom. The molecule has 0 unspecified atom stereocenters. The predicted octanol–water partition coefficient (Wildman–Crippen LogP) is 2.41. The van der Waals surface area contributed by atoms with Gasteiger partial charge >= 0.3 is 0 Å². The van der Waals surface area contributed by atoms with E-state index in [-0.39, 0.29) is 0 Å². The number of carbonyl (C=O) groups is 1.